The van der Waals surface area contributed by atoms with Gasteiger partial charge in [-0.2, -0.15) is 0 Å². The second-order valence-electron chi connectivity index (χ2n) is 5.57. The molecule has 1 unspecified atom stereocenters. The molecule has 1 aliphatic heterocycles. The molecule has 0 saturated carbocycles. The first kappa shape index (κ1) is 13.8. The summed E-state index contributed by atoms with van der Waals surface area (Å²) in [6.45, 7) is 3.39. The van der Waals surface area contributed by atoms with Crippen molar-refractivity contribution < 1.29 is 14.1 Å². The zero-order valence-corrected chi connectivity index (χ0v) is 12.1. The molecule has 0 spiro atoms. The van der Waals surface area contributed by atoms with E-state index in [1.54, 1.807) is 29.2 Å². The predicted octanol–water partition coefficient (Wildman–Crippen LogP) is 0.154. The van der Waals surface area contributed by atoms with Crippen LogP contribution in [0.2, 0.25) is 0 Å². The Bertz CT molecular complexity index is 723. The summed E-state index contributed by atoms with van der Waals surface area (Å²) in [5.41, 5.74) is 0.295. The minimum Gasteiger partial charge on any atom is -0.451 e. The Labute approximate surface area is 122 Å². The van der Waals surface area contributed by atoms with Crippen molar-refractivity contribution in [2.24, 2.45) is 0 Å². The number of quaternary nitrogens is 1. The summed E-state index contributed by atoms with van der Waals surface area (Å²) in [6, 6.07) is 8.32. The van der Waals surface area contributed by atoms with Gasteiger partial charge >= 0.3 is 0 Å². The molecule has 5 heteroatoms. The lowest BCUT2D eigenvalue weighted by Crippen LogP contribution is -3.09. The van der Waals surface area contributed by atoms with Crippen molar-refractivity contribution in [2.45, 2.75) is 6.42 Å². The summed E-state index contributed by atoms with van der Waals surface area (Å²) in [6.07, 6.45) is 0.968. The molecule has 0 bridgehead atoms. The third-order valence-corrected chi connectivity index (χ3v) is 3.97. The van der Waals surface area contributed by atoms with Crippen molar-refractivity contribution in [1.82, 2.24) is 4.90 Å². The zero-order valence-electron chi connectivity index (χ0n) is 12.1. The molecule has 110 valence electrons. The highest BCUT2D eigenvalue weighted by molar-refractivity contribution is 5.93. The van der Waals surface area contributed by atoms with E-state index in [1.807, 2.05) is 0 Å². The zero-order chi connectivity index (χ0) is 14.8. The number of carbonyl (C=O) groups excluding carboxylic acids is 1. The molecule has 21 heavy (non-hydrogen) atoms. The van der Waals surface area contributed by atoms with Crippen LogP contribution in [0, 0.1) is 0 Å². The average Bonchev–Trinajstić information content (AvgIpc) is 2.71. The highest BCUT2D eigenvalue weighted by atomic mass is 16.3. The number of nitrogens with one attached hydrogen (secondary N) is 1. The maximum atomic E-state index is 12.5. The van der Waals surface area contributed by atoms with Gasteiger partial charge in [-0.1, -0.05) is 12.1 Å². The number of hydrogen-bond donors (Lipinski definition) is 1. The second-order valence-corrected chi connectivity index (χ2v) is 5.57. The lowest BCUT2D eigenvalue weighted by molar-refractivity contribution is -0.877. The average molecular weight is 287 g/mol. The van der Waals surface area contributed by atoms with Gasteiger partial charge in [-0.05, 0) is 12.1 Å². The molecule has 1 amide bonds. The summed E-state index contributed by atoms with van der Waals surface area (Å²) in [5.74, 6) is -0.0502. The molecular formula is C16H19N2O3+. The minimum atomic E-state index is -0.187. The number of benzene rings is 1. The number of amides is 1. The number of hydrogen-bond acceptors (Lipinski definition) is 3. The van der Waals surface area contributed by atoms with Crippen molar-refractivity contribution in [3.8, 4) is 0 Å². The first-order chi connectivity index (χ1) is 10.1. The van der Waals surface area contributed by atoms with E-state index in [1.165, 1.54) is 11.0 Å². The molecule has 2 heterocycles. The Morgan fingerprint density at radius 1 is 1.24 bits per heavy atom. The fourth-order valence-electron chi connectivity index (χ4n) is 2.70. The third-order valence-electron chi connectivity index (χ3n) is 3.97. The molecule has 1 aromatic carbocycles. The number of rotatable bonds is 1. The Balaban J connectivity index is 1.92. The molecule has 1 saturated heterocycles. The molecule has 1 fully saturated rings. The van der Waals surface area contributed by atoms with Gasteiger partial charge in [-0.3, -0.25) is 9.59 Å². The summed E-state index contributed by atoms with van der Waals surface area (Å²) in [7, 11) is 2.13. The first-order valence-corrected chi connectivity index (χ1v) is 7.28. The number of likely N-dealkylation sites (N-methyl/N-ethyl adjacent to an activating group) is 1. The van der Waals surface area contributed by atoms with Gasteiger partial charge in [0, 0.05) is 19.0 Å². The third kappa shape index (κ3) is 2.83. The van der Waals surface area contributed by atoms with Crippen LogP contribution < -0.4 is 10.3 Å². The first-order valence-electron chi connectivity index (χ1n) is 7.28. The normalized spacial score (nSPS) is 19.5. The topological polar surface area (TPSA) is 55.0 Å². The number of carbonyl (C=O) groups is 1. The van der Waals surface area contributed by atoms with E-state index in [2.05, 4.69) is 7.05 Å². The van der Waals surface area contributed by atoms with Crippen molar-refractivity contribution in [1.29, 1.82) is 0 Å². The highest BCUT2D eigenvalue weighted by Crippen LogP contribution is 2.13. The van der Waals surface area contributed by atoms with Gasteiger partial charge < -0.3 is 14.2 Å². The van der Waals surface area contributed by atoms with Crippen molar-refractivity contribution in [3.05, 3.63) is 46.3 Å². The lowest BCUT2D eigenvalue weighted by atomic mass is 10.2. The van der Waals surface area contributed by atoms with Crippen LogP contribution in [0.5, 0.6) is 0 Å². The van der Waals surface area contributed by atoms with Crippen LogP contribution in [0.3, 0.4) is 0 Å². The van der Waals surface area contributed by atoms with Gasteiger partial charge in [0.05, 0.1) is 32.1 Å². The van der Waals surface area contributed by atoms with Gasteiger partial charge in [0.1, 0.15) is 5.58 Å². The van der Waals surface area contributed by atoms with Gasteiger partial charge in [0.25, 0.3) is 5.91 Å². The molecule has 1 N–H and O–H groups in total. The summed E-state index contributed by atoms with van der Waals surface area (Å²) in [5, 5.41) is 0.508. The monoisotopic (exact) mass is 287 g/mol. The number of nitrogens with zero attached hydrogens (tertiary/aromatic N) is 1. The second kappa shape index (κ2) is 5.69. The Morgan fingerprint density at radius 3 is 2.90 bits per heavy atom. The fourth-order valence-corrected chi connectivity index (χ4v) is 2.70. The predicted molar refractivity (Wildman–Crippen MR) is 79.6 cm³/mol. The van der Waals surface area contributed by atoms with Crippen LogP contribution in [0.4, 0.5) is 0 Å². The lowest BCUT2D eigenvalue weighted by Gasteiger charge is -2.18. The van der Waals surface area contributed by atoms with E-state index in [0.717, 1.165) is 19.5 Å². The van der Waals surface area contributed by atoms with Crippen LogP contribution >= 0.6 is 0 Å². The Morgan fingerprint density at radius 2 is 2.05 bits per heavy atom. The molecular weight excluding hydrogens is 268 g/mol. The summed E-state index contributed by atoms with van der Waals surface area (Å²) in [4.78, 5) is 27.8. The Hall–Kier alpha value is -2.14. The van der Waals surface area contributed by atoms with E-state index >= 15 is 0 Å². The SMILES string of the molecule is C[NH+]1CCCN(C(=O)c2cc(=O)c3ccccc3o2)CC1. The van der Waals surface area contributed by atoms with E-state index in [0.29, 0.717) is 24.1 Å². The van der Waals surface area contributed by atoms with E-state index in [9.17, 15) is 9.59 Å². The fraction of sp³-hybridized carbons (Fsp3) is 0.375. The van der Waals surface area contributed by atoms with Crippen LogP contribution in [0.15, 0.2) is 39.5 Å². The smallest absolute Gasteiger partial charge is 0.289 e. The molecule has 0 radical (unpaired) electrons. The van der Waals surface area contributed by atoms with Gasteiger partial charge in [0.15, 0.2) is 11.2 Å². The van der Waals surface area contributed by atoms with Gasteiger partial charge in [-0.15, -0.1) is 0 Å². The maximum absolute atomic E-state index is 12.5. The molecule has 1 atom stereocenters. The summed E-state index contributed by atoms with van der Waals surface area (Å²) >= 11 is 0. The van der Waals surface area contributed by atoms with E-state index < -0.39 is 0 Å². The van der Waals surface area contributed by atoms with Crippen LogP contribution in [-0.4, -0.2) is 44.0 Å². The van der Waals surface area contributed by atoms with Crippen molar-refractivity contribution in [3.63, 3.8) is 0 Å². The number of fused-ring (bicyclic) bond motifs is 1. The highest BCUT2D eigenvalue weighted by Gasteiger charge is 2.23. The van der Waals surface area contributed by atoms with E-state index in [-0.39, 0.29) is 17.1 Å². The molecule has 1 aliphatic rings. The minimum absolute atomic E-state index is 0.137. The Kier molecular flexibility index (Phi) is 3.75. The quantitative estimate of drug-likeness (QED) is 0.812. The largest absolute Gasteiger partial charge is 0.451 e. The molecule has 0 aliphatic carbocycles. The maximum Gasteiger partial charge on any atom is 0.289 e. The summed E-state index contributed by atoms with van der Waals surface area (Å²) < 4.78 is 5.63. The van der Waals surface area contributed by atoms with Crippen LogP contribution in [0.1, 0.15) is 17.0 Å². The van der Waals surface area contributed by atoms with Gasteiger partial charge in [0.2, 0.25) is 0 Å². The van der Waals surface area contributed by atoms with Crippen molar-refractivity contribution in [2.75, 3.05) is 33.2 Å². The van der Waals surface area contributed by atoms with Crippen LogP contribution in [-0.2, 0) is 0 Å². The number of para-hydroxylation sites is 1. The van der Waals surface area contributed by atoms with E-state index in [4.69, 9.17) is 4.42 Å². The standard InChI is InChI=1S/C16H18N2O3/c1-17-7-4-8-18(10-9-17)16(20)15-11-13(19)12-5-2-3-6-14(12)21-15/h2-3,5-6,11H,4,7-10H2,1H3/p+1. The molecule has 2 aromatic rings. The van der Waals surface area contributed by atoms with Crippen LogP contribution in [0.25, 0.3) is 11.0 Å². The molecule has 5 nitrogen and oxygen atoms in total. The van der Waals surface area contributed by atoms with Crippen molar-refractivity contribution >= 4 is 16.9 Å². The molecule has 3 rings (SSSR count). The van der Waals surface area contributed by atoms with Gasteiger partial charge in [-0.25, -0.2) is 0 Å². The molecule has 1 aromatic heterocycles.